The summed E-state index contributed by atoms with van der Waals surface area (Å²) in [4.78, 5) is 0. The van der Waals surface area contributed by atoms with Crippen molar-refractivity contribution in [3.63, 3.8) is 0 Å². The van der Waals surface area contributed by atoms with E-state index in [2.05, 4.69) is 10.3 Å². The van der Waals surface area contributed by atoms with Gasteiger partial charge in [0.25, 0.3) is 0 Å². The second-order valence-corrected chi connectivity index (χ2v) is 5.64. The molecule has 1 aromatic heterocycles. The molecule has 1 N–H and O–H groups in total. The first-order valence-corrected chi connectivity index (χ1v) is 7.34. The van der Waals surface area contributed by atoms with E-state index in [4.69, 9.17) is 0 Å². The van der Waals surface area contributed by atoms with Gasteiger partial charge in [-0.25, -0.2) is 9.07 Å². The predicted molar refractivity (Wildman–Crippen MR) is 84.5 cm³/mol. The third-order valence-corrected chi connectivity index (χ3v) is 4.05. The van der Waals surface area contributed by atoms with Crippen LogP contribution in [0.3, 0.4) is 0 Å². The number of halogens is 2. The Morgan fingerprint density at radius 1 is 1.14 bits per heavy atom. The molecule has 0 saturated carbocycles. The fraction of sp³-hybridized carbons (Fsp3) is 0.0667. The molecule has 0 bridgehead atoms. The first-order valence-electron chi connectivity index (χ1n) is 6.26. The first kappa shape index (κ1) is 14.2. The van der Waals surface area contributed by atoms with Crippen molar-refractivity contribution in [2.45, 2.75) is 6.10 Å². The van der Waals surface area contributed by atoms with E-state index in [0.717, 1.165) is 5.69 Å². The molecule has 106 valence electrons. The molecule has 0 aliphatic heterocycles. The van der Waals surface area contributed by atoms with E-state index < -0.39 is 6.10 Å². The van der Waals surface area contributed by atoms with Crippen LogP contribution in [0.25, 0.3) is 5.69 Å². The van der Waals surface area contributed by atoms with Gasteiger partial charge in [0.05, 0.1) is 17.6 Å². The molecule has 0 amide bonds. The molecule has 3 aromatic rings. The number of hydrogen-bond donors (Lipinski definition) is 1. The van der Waals surface area contributed by atoms with Crippen LogP contribution in [0.5, 0.6) is 0 Å². The van der Waals surface area contributed by atoms with E-state index >= 15 is 0 Å². The lowest BCUT2D eigenvalue weighted by atomic mass is 10.1. The monoisotopic (exact) mass is 395 g/mol. The van der Waals surface area contributed by atoms with Gasteiger partial charge in [-0.2, -0.15) is 0 Å². The number of nitrogens with zero attached hydrogens (tertiary/aromatic N) is 3. The van der Waals surface area contributed by atoms with Gasteiger partial charge >= 0.3 is 0 Å². The lowest BCUT2D eigenvalue weighted by molar-refractivity contribution is 0.211. The van der Waals surface area contributed by atoms with Crippen LogP contribution < -0.4 is 0 Å². The third kappa shape index (κ3) is 2.81. The van der Waals surface area contributed by atoms with Gasteiger partial charge < -0.3 is 5.11 Å². The second kappa shape index (κ2) is 5.90. The number of benzene rings is 2. The summed E-state index contributed by atoms with van der Waals surface area (Å²) in [6, 6.07) is 13.7. The number of para-hydroxylation sites is 1. The fourth-order valence-electron chi connectivity index (χ4n) is 2.08. The van der Waals surface area contributed by atoms with Gasteiger partial charge in [0.2, 0.25) is 0 Å². The van der Waals surface area contributed by atoms with E-state index in [0.29, 0.717) is 14.8 Å². The van der Waals surface area contributed by atoms with Crippen LogP contribution in [0, 0.1) is 9.39 Å². The van der Waals surface area contributed by atoms with Crippen molar-refractivity contribution in [2.24, 2.45) is 0 Å². The van der Waals surface area contributed by atoms with E-state index in [-0.39, 0.29) is 5.82 Å². The number of aliphatic hydroxyl groups excluding tert-OH is 1. The summed E-state index contributed by atoms with van der Waals surface area (Å²) in [5.41, 5.74) is 1.96. The number of rotatable bonds is 3. The Morgan fingerprint density at radius 3 is 2.62 bits per heavy atom. The molecule has 0 spiro atoms. The van der Waals surface area contributed by atoms with Gasteiger partial charge in [-0.1, -0.05) is 29.5 Å². The first-order chi connectivity index (χ1) is 10.2. The Labute approximate surface area is 134 Å². The summed E-state index contributed by atoms with van der Waals surface area (Å²) in [5.74, 6) is -0.329. The van der Waals surface area contributed by atoms with Crippen LogP contribution in [0.2, 0.25) is 0 Å². The van der Waals surface area contributed by atoms with Crippen LogP contribution in [-0.4, -0.2) is 20.1 Å². The number of aromatic nitrogens is 3. The van der Waals surface area contributed by atoms with Gasteiger partial charge in [0, 0.05) is 9.13 Å². The highest BCUT2D eigenvalue weighted by Crippen LogP contribution is 2.27. The Balaban J connectivity index is 2.03. The average Bonchev–Trinajstić information content (AvgIpc) is 2.97. The minimum Gasteiger partial charge on any atom is -0.382 e. The van der Waals surface area contributed by atoms with Crippen LogP contribution in [0.15, 0.2) is 54.7 Å². The van der Waals surface area contributed by atoms with Crippen LogP contribution in [0.4, 0.5) is 4.39 Å². The molecule has 4 nitrogen and oxygen atoms in total. The minimum atomic E-state index is -0.923. The zero-order valence-electron chi connectivity index (χ0n) is 10.8. The van der Waals surface area contributed by atoms with Crippen molar-refractivity contribution in [1.82, 2.24) is 15.0 Å². The molecule has 0 radical (unpaired) electrons. The summed E-state index contributed by atoms with van der Waals surface area (Å²) < 4.78 is 15.4. The SMILES string of the molecule is OC(c1ccc(F)cc1I)c1cnnn1-c1ccccc1. The summed E-state index contributed by atoms with van der Waals surface area (Å²) in [6.07, 6.45) is 0.588. The third-order valence-electron chi connectivity index (χ3n) is 3.11. The lowest BCUT2D eigenvalue weighted by Crippen LogP contribution is -2.09. The highest BCUT2D eigenvalue weighted by Gasteiger charge is 2.19. The summed E-state index contributed by atoms with van der Waals surface area (Å²) >= 11 is 2.00. The Hall–Kier alpha value is -1.80. The fourth-order valence-corrected chi connectivity index (χ4v) is 2.85. The van der Waals surface area contributed by atoms with Gasteiger partial charge in [0.15, 0.2) is 0 Å². The zero-order valence-corrected chi connectivity index (χ0v) is 13.0. The molecule has 0 aliphatic rings. The molecule has 0 aliphatic carbocycles. The summed E-state index contributed by atoms with van der Waals surface area (Å²) in [7, 11) is 0. The lowest BCUT2D eigenvalue weighted by Gasteiger charge is -2.14. The average molecular weight is 395 g/mol. The molecule has 1 unspecified atom stereocenters. The highest BCUT2D eigenvalue weighted by atomic mass is 127. The van der Waals surface area contributed by atoms with Gasteiger partial charge in [-0.3, -0.25) is 0 Å². The van der Waals surface area contributed by atoms with Crippen molar-refractivity contribution < 1.29 is 9.50 Å². The molecule has 6 heteroatoms. The van der Waals surface area contributed by atoms with E-state index in [1.807, 2.05) is 52.9 Å². The van der Waals surface area contributed by atoms with Crippen molar-refractivity contribution in [1.29, 1.82) is 0 Å². The van der Waals surface area contributed by atoms with Crippen LogP contribution >= 0.6 is 22.6 Å². The van der Waals surface area contributed by atoms with Crippen molar-refractivity contribution >= 4 is 22.6 Å². The van der Waals surface area contributed by atoms with Crippen LogP contribution in [0.1, 0.15) is 17.4 Å². The number of aliphatic hydroxyl groups is 1. The van der Waals surface area contributed by atoms with E-state index in [9.17, 15) is 9.50 Å². The van der Waals surface area contributed by atoms with Crippen molar-refractivity contribution in [2.75, 3.05) is 0 Å². The van der Waals surface area contributed by atoms with E-state index in [1.54, 1.807) is 10.7 Å². The van der Waals surface area contributed by atoms with Crippen molar-refractivity contribution in [3.05, 3.63) is 75.4 Å². The molecule has 1 atom stereocenters. The smallest absolute Gasteiger partial charge is 0.124 e. The van der Waals surface area contributed by atoms with Gasteiger partial charge in [-0.15, -0.1) is 5.10 Å². The minimum absolute atomic E-state index is 0.329. The summed E-state index contributed by atoms with van der Waals surface area (Å²) in [5, 5.41) is 18.4. The van der Waals surface area contributed by atoms with Gasteiger partial charge in [-0.05, 0) is 46.9 Å². The largest absolute Gasteiger partial charge is 0.382 e. The summed E-state index contributed by atoms with van der Waals surface area (Å²) in [6.45, 7) is 0. The maximum atomic E-state index is 13.2. The van der Waals surface area contributed by atoms with Gasteiger partial charge in [0.1, 0.15) is 11.9 Å². The molecule has 0 saturated heterocycles. The standard InChI is InChI=1S/C15H11FIN3O/c16-10-6-7-12(13(17)8-10)15(21)14-9-18-19-20(14)11-4-2-1-3-5-11/h1-9,15,21H. The number of hydrogen-bond acceptors (Lipinski definition) is 3. The normalized spacial score (nSPS) is 12.3. The molecule has 1 heterocycles. The molecule has 2 aromatic carbocycles. The Kier molecular flexibility index (Phi) is 3.98. The topological polar surface area (TPSA) is 50.9 Å². The molecular weight excluding hydrogens is 384 g/mol. The molecule has 21 heavy (non-hydrogen) atoms. The van der Waals surface area contributed by atoms with E-state index in [1.165, 1.54) is 18.3 Å². The zero-order chi connectivity index (χ0) is 14.8. The maximum absolute atomic E-state index is 13.2. The highest BCUT2D eigenvalue weighted by molar-refractivity contribution is 14.1. The molecule has 3 rings (SSSR count). The molecular formula is C15H11FIN3O. The maximum Gasteiger partial charge on any atom is 0.124 e. The van der Waals surface area contributed by atoms with Crippen molar-refractivity contribution in [3.8, 4) is 5.69 Å². The predicted octanol–water partition coefficient (Wildman–Crippen LogP) is 3.09. The molecule has 0 fully saturated rings. The Morgan fingerprint density at radius 2 is 1.90 bits per heavy atom. The quantitative estimate of drug-likeness (QED) is 0.694. The second-order valence-electron chi connectivity index (χ2n) is 4.47. The Bertz CT molecular complexity index is 761. The van der Waals surface area contributed by atoms with Crippen LogP contribution in [-0.2, 0) is 0 Å².